The Balaban J connectivity index is 2.03. The van der Waals surface area contributed by atoms with Crippen LogP contribution in [0.3, 0.4) is 0 Å². The fourth-order valence-electron chi connectivity index (χ4n) is 2.46. The predicted octanol–water partition coefficient (Wildman–Crippen LogP) is 0.999. The van der Waals surface area contributed by atoms with Crippen molar-refractivity contribution in [2.24, 2.45) is 0 Å². The van der Waals surface area contributed by atoms with E-state index in [0.717, 1.165) is 37.6 Å². The van der Waals surface area contributed by atoms with Crippen molar-refractivity contribution in [3.05, 3.63) is 11.6 Å². The van der Waals surface area contributed by atoms with Gasteiger partial charge in [0.1, 0.15) is 11.6 Å². The van der Waals surface area contributed by atoms with Gasteiger partial charge in [-0.25, -0.2) is 0 Å². The highest BCUT2D eigenvalue weighted by Gasteiger charge is 2.19. The van der Waals surface area contributed by atoms with E-state index in [1.807, 2.05) is 0 Å². The topological polar surface area (TPSA) is 60.3 Å². The lowest BCUT2D eigenvalue weighted by Crippen LogP contribution is -2.32. The summed E-state index contributed by atoms with van der Waals surface area (Å²) in [6, 6.07) is 0. The number of nitrogens with zero attached hydrogens (tertiary/aromatic N) is 4. The molecule has 0 saturated carbocycles. The van der Waals surface area contributed by atoms with Crippen LogP contribution in [-0.4, -0.2) is 45.8 Å². The van der Waals surface area contributed by atoms with E-state index < -0.39 is 0 Å². The molecule has 0 aliphatic carbocycles. The van der Waals surface area contributed by atoms with E-state index in [-0.39, 0.29) is 5.97 Å². The molecule has 0 amide bonds. The molecular weight excluding hydrogens is 244 g/mol. The number of ether oxygens (including phenoxy) is 1. The summed E-state index contributed by atoms with van der Waals surface area (Å²) in [5.41, 5.74) is 0. The van der Waals surface area contributed by atoms with Crippen LogP contribution in [0.4, 0.5) is 0 Å². The molecule has 0 atom stereocenters. The molecule has 0 bridgehead atoms. The third-order valence-corrected chi connectivity index (χ3v) is 3.42. The van der Waals surface area contributed by atoms with Crippen LogP contribution in [0.15, 0.2) is 0 Å². The Morgan fingerprint density at radius 2 is 2.26 bits per heavy atom. The summed E-state index contributed by atoms with van der Waals surface area (Å²) in [7, 11) is 1.42. The van der Waals surface area contributed by atoms with Gasteiger partial charge in [0, 0.05) is 13.0 Å². The van der Waals surface area contributed by atoms with Crippen molar-refractivity contribution in [3.63, 3.8) is 0 Å². The SMILES string of the molecule is CCCN(CC(=O)OC)Cc1nnc2n1CCCC2. The second-order valence-corrected chi connectivity index (χ2v) is 4.93. The number of carbonyl (C=O) groups excluding carboxylic acids is 1. The van der Waals surface area contributed by atoms with Crippen LogP contribution in [0, 0.1) is 0 Å². The minimum Gasteiger partial charge on any atom is -0.468 e. The summed E-state index contributed by atoms with van der Waals surface area (Å²) in [5.74, 6) is 1.84. The largest absolute Gasteiger partial charge is 0.468 e. The molecule has 1 aromatic heterocycles. The lowest BCUT2D eigenvalue weighted by molar-refractivity contribution is -0.142. The van der Waals surface area contributed by atoms with Crippen LogP contribution in [0.2, 0.25) is 0 Å². The van der Waals surface area contributed by atoms with Gasteiger partial charge in [-0.3, -0.25) is 9.69 Å². The van der Waals surface area contributed by atoms with Crippen molar-refractivity contribution in [1.29, 1.82) is 0 Å². The molecule has 2 rings (SSSR count). The van der Waals surface area contributed by atoms with Gasteiger partial charge in [0.2, 0.25) is 0 Å². The summed E-state index contributed by atoms with van der Waals surface area (Å²) < 4.78 is 6.93. The second-order valence-electron chi connectivity index (χ2n) is 4.93. The van der Waals surface area contributed by atoms with Crippen molar-refractivity contribution in [3.8, 4) is 0 Å². The number of hydrogen-bond acceptors (Lipinski definition) is 5. The average molecular weight is 266 g/mol. The molecule has 1 aliphatic rings. The highest BCUT2D eigenvalue weighted by Crippen LogP contribution is 2.15. The van der Waals surface area contributed by atoms with Crippen molar-refractivity contribution >= 4 is 5.97 Å². The number of carbonyl (C=O) groups is 1. The Kier molecular flexibility index (Phi) is 4.90. The van der Waals surface area contributed by atoms with E-state index in [1.54, 1.807) is 0 Å². The fraction of sp³-hybridized carbons (Fsp3) is 0.769. The van der Waals surface area contributed by atoms with Crippen molar-refractivity contribution in [2.75, 3.05) is 20.2 Å². The van der Waals surface area contributed by atoms with Crippen LogP contribution in [0.1, 0.15) is 37.8 Å². The summed E-state index contributed by atoms with van der Waals surface area (Å²) in [6.07, 6.45) is 4.39. The van der Waals surface area contributed by atoms with E-state index in [2.05, 4.69) is 26.6 Å². The van der Waals surface area contributed by atoms with Crippen molar-refractivity contribution < 1.29 is 9.53 Å². The first kappa shape index (κ1) is 14.0. The van der Waals surface area contributed by atoms with Gasteiger partial charge in [0.05, 0.1) is 20.2 Å². The van der Waals surface area contributed by atoms with E-state index in [9.17, 15) is 4.79 Å². The third kappa shape index (κ3) is 3.53. The van der Waals surface area contributed by atoms with E-state index in [4.69, 9.17) is 4.74 Å². The number of rotatable bonds is 6. The quantitative estimate of drug-likeness (QED) is 0.719. The minimum atomic E-state index is -0.202. The van der Waals surface area contributed by atoms with Crippen LogP contribution in [-0.2, 0) is 29.0 Å². The summed E-state index contributed by atoms with van der Waals surface area (Å²) in [5, 5.41) is 8.51. The van der Waals surface area contributed by atoms with Gasteiger partial charge in [0.15, 0.2) is 0 Å². The summed E-state index contributed by atoms with van der Waals surface area (Å²) in [6.45, 7) is 4.93. The molecule has 0 spiro atoms. The second kappa shape index (κ2) is 6.65. The van der Waals surface area contributed by atoms with Gasteiger partial charge in [-0.05, 0) is 25.8 Å². The molecule has 1 aromatic rings. The molecule has 1 aliphatic heterocycles. The number of aromatic nitrogens is 3. The van der Waals surface area contributed by atoms with E-state index in [1.165, 1.54) is 20.0 Å². The third-order valence-electron chi connectivity index (χ3n) is 3.42. The van der Waals surface area contributed by atoms with E-state index >= 15 is 0 Å². The lowest BCUT2D eigenvalue weighted by atomic mass is 10.1. The maximum Gasteiger partial charge on any atom is 0.319 e. The average Bonchev–Trinajstić information content (AvgIpc) is 2.82. The normalized spacial score (nSPS) is 14.5. The van der Waals surface area contributed by atoms with Gasteiger partial charge >= 0.3 is 5.97 Å². The number of esters is 1. The minimum absolute atomic E-state index is 0.202. The van der Waals surface area contributed by atoms with Crippen LogP contribution >= 0.6 is 0 Å². The Labute approximate surface area is 113 Å². The first-order chi connectivity index (χ1) is 9.24. The number of hydrogen-bond donors (Lipinski definition) is 0. The smallest absolute Gasteiger partial charge is 0.319 e. The summed E-state index contributed by atoms with van der Waals surface area (Å²) >= 11 is 0. The molecule has 0 saturated heterocycles. The lowest BCUT2D eigenvalue weighted by Gasteiger charge is -2.21. The molecule has 0 radical (unpaired) electrons. The monoisotopic (exact) mass is 266 g/mol. The zero-order valence-electron chi connectivity index (χ0n) is 11.8. The molecule has 6 heteroatoms. The van der Waals surface area contributed by atoms with Gasteiger partial charge in [-0.1, -0.05) is 6.92 Å². The Morgan fingerprint density at radius 3 is 3.00 bits per heavy atom. The standard InChI is InChI=1S/C13H22N4O2/c1-3-7-16(10-13(18)19-2)9-12-15-14-11-6-4-5-8-17(11)12/h3-10H2,1-2H3. The Bertz CT molecular complexity index is 430. The Hall–Kier alpha value is -1.43. The summed E-state index contributed by atoms with van der Waals surface area (Å²) in [4.78, 5) is 13.5. The highest BCUT2D eigenvalue weighted by molar-refractivity contribution is 5.71. The number of methoxy groups -OCH3 is 1. The van der Waals surface area contributed by atoms with Crippen LogP contribution in [0.25, 0.3) is 0 Å². The van der Waals surface area contributed by atoms with E-state index in [0.29, 0.717) is 13.1 Å². The predicted molar refractivity (Wildman–Crippen MR) is 70.5 cm³/mol. The number of fused-ring (bicyclic) bond motifs is 1. The van der Waals surface area contributed by atoms with Crippen molar-refractivity contribution in [1.82, 2.24) is 19.7 Å². The number of aryl methyl sites for hydroxylation is 1. The zero-order chi connectivity index (χ0) is 13.7. The molecule has 0 fully saturated rings. The van der Waals surface area contributed by atoms with Crippen LogP contribution < -0.4 is 0 Å². The maximum absolute atomic E-state index is 11.4. The van der Waals surface area contributed by atoms with Gasteiger partial charge in [0.25, 0.3) is 0 Å². The fourth-order valence-corrected chi connectivity index (χ4v) is 2.46. The van der Waals surface area contributed by atoms with Crippen LogP contribution in [0.5, 0.6) is 0 Å². The van der Waals surface area contributed by atoms with Crippen molar-refractivity contribution in [2.45, 2.75) is 45.7 Å². The highest BCUT2D eigenvalue weighted by atomic mass is 16.5. The molecule has 0 N–H and O–H groups in total. The first-order valence-electron chi connectivity index (χ1n) is 6.94. The van der Waals surface area contributed by atoms with Gasteiger partial charge in [-0.2, -0.15) is 0 Å². The zero-order valence-corrected chi connectivity index (χ0v) is 11.8. The molecular formula is C13H22N4O2. The molecule has 19 heavy (non-hydrogen) atoms. The molecule has 0 unspecified atom stereocenters. The molecule has 0 aromatic carbocycles. The molecule has 6 nitrogen and oxygen atoms in total. The Morgan fingerprint density at radius 1 is 1.42 bits per heavy atom. The first-order valence-corrected chi connectivity index (χ1v) is 6.94. The maximum atomic E-state index is 11.4. The van der Waals surface area contributed by atoms with Gasteiger partial charge in [-0.15, -0.1) is 10.2 Å². The molecule has 2 heterocycles. The van der Waals surface area contributed by atoms with Gasteiger partial charge < -0.3 is 9.30 Å². The molecule has 106 valence electrons.